The molecule has 1 aliphatic rings. The minimum absolute atomic E-state index is 0.0371. The molecule has 110 valence electrons. The molecule has 0 aliphatic heterocycles. The number of nitrogens with one attached hydrogen (secondary N) is 1. The molecule has 3 rings (SSSR count). The normalized spacial score (nSPS) is 13.7. The van der Waals surface area contributed by atoms with E-state index in [4.69, 9.17) is 4.74 Å². The summed E-state index contributed by atoms with van der Waals surface area (Å²) in [4.78, 5) is 22.5. The summed E-state index contributed by atoms with van der Waals surface area (Å²) in [5.41, 5.74) is 1.31. The minimum atomic E-state index is -0.175. The van der Waals surface area contributed by atoms with Crippen molar-refractivity contribution in [2.45, 2.75) is 25.7 Å². The number of carbonyl (C=O) groups excluding carboxylic acids is 1. The Morgan fingerprint density at radius 2 is 2.29 bits per heavy atom. The van der Waals surface area contributed by atoms with E-state index in [1.54, 1.807) is 17.4 Å². The number of nitrogens with zero attached hydrogens (tertiary/aromatic N) is 2. The van der Waals surface area contributed by atoms with Crippen molar-refractivity contribution in [2.75, 3.05) is 13.2 Å². The van der Waals surface area contributed by atoms with E-state index in [1.807, 2.05) is 0 Å². The van der Waals surface area contributed by atoms with Crippen LogP contribution in [0.25, 0.3) is 10.2 Å². The van der Waals surface area contributed by atoms with Crippen LogP contribution < -0.4 is 10.1 Å². The highest BCUT2D eigenvalue weighted by Gasteiger charge is 2.20. The Bertz CT molecular complexity index is 681. The summed E-state index contributed by atoms with van der Waals surface area (Å²) in [6.07, 6.45) is 7.70. The summed E-state index contributed by atoms with van der Waals surface area (Å²) in [6, 6.07) is 0. The lowest BCUT2D eigenvalue weighted by molar-refractivity contribution is -0.122. The van der Waals surface area contributed by atoms with Crippen LogP contribution in [-0.4, -0.2) is 29.0 Å². The van der Waals surface area contributed by atoms with Gasteiger partial charge in [0.1, 0.15) is 11.2 Å². The molecule has 2 heterocycles. The smallest absolute Gasteiger partial charge is 0.258 e. The van der Waals surface area contributed by atoms with Crippen molar-refractivity contribution in [3.8, 4) is 5.88 Å². The molecule has 0 spiro atoms. The zero-order valence-electron chi connectivity index (χ0n) is 11.7. The Kier molecular flexibility index (Phi) is 4.15. The predicted molar refractivity (Wildman–Crippen MR) is 82.8 cm³/mol. The lowest BCUT2D eigenvalue weighted by Gasteiger charge is -2.11. The zero-order chi connectivity index (χ0) is 14.7. The van der Waals surface area contributed by atoms with Crippen LogP contribution in [0.4, 0.5) is 0 Å². The third-order valence-corrected chi connectivity index (χ3v) is 4.70. The molecule has 0 saturated heterocycles. The molecular weight excluding hydrogens is 286 g/mol. The van der Waals surface area contributed by atoms with Gasteiger partial charge in [0.2, 0.25) is 5.88 Å². The van der Waals surface area contributed by atoms with Gasteiger partial charge < -0.3 is 10.1 Å². The molecule has 0 fully saturated rings. The molecule has 1 N–H and O–H groups in total. The average molecular weight is 303 g/mol. The number of rotatable bonds is 5. The number of hydrogen-bond acceptors (Lipinski definition) is 5. The fourth-order valence-corrected chi connectivity index (χ4v) is 3.76. The number of hydrogen-bond donors (Lipinski definition) is 1. The number of carbonyl (C=O) groups is 1. The molecule has 0 atom stereocenters. The van der Waals surface area contributed by atoms with Crippen molar-refractivity contribution in [1.82, 2.24) is 15.3 Å². The summed E-state index contributed by atoms with van der Waals surface area (Å²) >= 11 is 1.72. The van der Waals surface area contributed by atoms with Crippen LogP contribution in [0, 0.1) is 0 Å². The number of aryl methyl sites for hydroxylation is 2. The molecule has 2 aromatic heterocycles. The van der Waals surface area contributed by atoms with Crippen LogP contribution in [0.3, 0.4) is 0 Å². The number of fused-ring (bicyclic) bond motifs is 3. The van der Waals surface area contributed by atoms with Gasteiger partial charge in [0.05, 0.1) is 5.39 Å². The standard InChI is InChI=1S/C15H17N3O2S/c1-2-7-16-12(19)8-20-14-13-10-5-3-4-6-11(10)21-15(13)18-9-17-14/h2,9H,1,3-8H2,(H,16,19). The van der Waals surface area contributed by atoms with E-state index >= 15 is 0 Å². The predicted octanol–water partition coefficient (Wildman–Crippen LogP) is 2.25. The van der Waals surface area contributed by atoms with Crippen LogP contribution in [0.2, 0.25) is 0 Å². The van der Waals surface area contributed by atoms with Gasteiger partial charge in [-0.3, -0.25) is 4.79 Å². The molecule has 0 radical (unpaired) electrons. The largest absolute Gasteiger partial charge is 0.467 e. The molecule has 5 nitrogen and oxygen atoms in total. The van der Waals surface area contributed by atoms with E-state index < -0.39 is 0 Å². The van der Waals surface area contributed by atoms with Gasteiger partial charge in [-0.15, -0.1) is 17.9 Å². The molecule has 21 heavy (non-hydrogen) atoms. The van der Waals surface area contributed by atoms with E-state index in [0.29, 0.717) is 12.4 Å². The highest BCUT2D eigenvalue weighted by atomic mass is 32.1. The molecular formula is C15H17N3O2S. The first-order valence-electron chi connectivity index (χ1n) is 7.05. The molecule has 1 amide bonds. The third kappa shape index (κ3) is 2.90. The van der Waals surface area contributed by atoms with Crippen molar-refractivity contribution >= 4 is 27.5 Å². The maximum Gasteiger partial charge on any atom is 0.258 e. The van der Waals surface area contributed by atoms with Crippen LogP contribution in [0.5, 0.6) is 5.88 Å². The molecule has 6 heteroatoms. The van der Waals surface area contributed by atoms with Gasteiger partial charge in [0.25, 0.3) is 5.91 Å². The first-order chi connectivity index (χ1) is 10.3. The Balaban J connectivity index is 1.83. The average Bonchev–Trinajstić information content (AvgIpc) is 2.90. The minimum Gasteiger partial charge on any atom is -0.467 e. The first kappa shape index (κ1) is 14.0. The van der Waals surface area contributed by atoms with Crippen molar-refractivity contribution in [3.05, 3.63) is 29.4 Å². The number of aromatic nitrogens is 2. The second kappa shape index (κ2) is 6.22. The second-order valence-electron chi connectivity index (χ2n) is 4.95. The highest BCUT2D eigenvalue weighted by molar-refractivity contribution is 7.18. The van der Waals surface area contributed by atoms with Crippen molar-refractivity contribution < 1.29 is 9.53 Å². The van der Waals surface area contributed by atoms with Crippen LogP contribution in [-0.2, 0) is 17.6 Å². The molecule has 0 saturated carbocycles. The van der Waals surface area contributed by atoms with Crippen LogP contribution >= 0.6 is 11.3 Å². The van der Waals surface area contributed by atoms with Crippen LogP contribution in [0.15, 0.2) is 19.0 Å². The van der Waals surface area contributed by atoms with E-state index in [1.165, 1.54) is 29.6 Å². The maximum atomic E-state index is 11.6. The summed E-state index contributed by atoms with van der Waals surface area (Å²) in [6.45, 7) is 3.96. The van der Waals surface area contributed by atoms with Crippen molar-refractivity contribution in [1.29, 1.82) is 0 Å². The Morgan fingerprint density at radius 1 is 1.43 bits per heavy atom. The monoisotopic (exact) mass is 303 g/mol. The van der Waals surface area contributed by atoms with Crippen molar-refractivity contribution in [3.63, 3.8) is 0 Å². The molecule has 1 aliphatic carbocycles. The number of thiophene rings is 1. The van der Waals surface area contributed by atoms with E-state index in [0.717, 1.165) is 23.1 Å². The summed E-state index contributed by atoms with van der Waals surface area (Å²) < 4.78 is 5.61. The lowest BCUT2D eigenvalue weighted by atomic mass is 9.97. The number of ether oxygens (including phenoxy) is 1. The molecule has 0 bridgehead atoms. The van der Waals surface area contributed by atoms with E-state index in [9.17, 15) is 4.79 Å². The van der Waals surface area contributed by atoms with Gasteiger partial charge in [-0.25, -0.2) is 9.97 Å². The fourth-order valence-electron chi connectivity index (χ4n) is 2.54. The van der Waals surface area contributed by atoms with Crippen LogP contribution in [0.1, 0.15) is 23.3 Å². The molecule has 0 unspecified atom stereocenters. The van der Waals surface area contributed by atoms with Gasteiger partial charge in [0.15, 0.2) is 6.61 Å². The fraction of sp³-hybridized carbons (Fsp3) is 0.400. The Hall–Kier alpha value is -1.95. The summed E-state index contributed by atoms with van der Waals surface area (Å²) in [5.74, 6) is 0.346. The quantitative estimate of drug-likeness (QED) is 0.861. The summed E-state index contributed by atoms with van der Waals surface area (Å²) in [7, 11) is 0. The zero-order valence-corrected chi connectivity index (χ0v) is 12.5. The van der Waals surface area contributed by atoms with Gasteiger partial charge >= 0.3 is 0 Å². The van der Waals surface area contributed by atoms with Gasteiger partial charge in [0, 0.05) is 11.4 Å². The van der Waals surface area contributed by atoms with Crippen molar-refractivity contribution in [2.24, 2.45) is 0 Å². The van der Waals surface area contributed by atoms with Gasteiger partial charge in [-0.2, -0.15) is 0 Å². The highest BCUT2D eigenvalue weighted by Crippen LogP contribution is 2.38. The lowest BCUT2D eigenvalue weighted by Crippen LogP contribution is -2.29. The van der Waals surface area contributed by atoms with Gasteiger partial charge in [-0.05, 0) is 31.2 Å². The molecule has 0 aromatic carbocycles. The maximum absolute atomic E-state index is 11.6. The number of amides is 1. The third-order valence-electron chi connectivity index (χ3n) is 3.50. The first-order valence-corrected chi connectivity index (χ1v) is 7.87. The topological polar surface area (TPSA) is 64.1 Å². The molecule has 2 aromatic rings. The van der Waals surface area contributed by atoms with Gasteiger partial charge in [-0.1, -0.05) is 6.08 Å². The SMILES string of the molecule is C=CCNC(=O)COc1ncnc2sc3c(c12)CCCC3. The second-order valence-corrected chi connectivity index (χ2v) is 6.03. The van der Waals surface area contributed by atoms with E-state index in [-0.39, 0.29) is 12.5 Å². The Morgan fingerprint density at radius 3 is 3.14 bits per heavy atom. The Labute approximate surface area is 127 Å². The van der Waals surface area contributed by atoms with E-state index in [2.05, 4.69) is 21.9 Å². The summed E-state index contributed by atoms with van der Waals surface area (Å²) in [5, 5.41) is 3.68.